The lowest BCUT2D eigenvalue weighted by atomic mass is 10.0. The van der Waals surface area contributed by atoms with Gasteiger partial charge in [-0.05, 0) is 31.5 Å². The van der Waals surface area contributed by atoms with Crippen molar-refractivity contribution in [2.24, 2.45) is 0 Å². The largest absolute Gasteiger partial charge is 0.496 e. The average molecular weight is 251 g/mol. The van der Waals surface area contributed by atoms with Gasteiger partial charge in [-0.25, -0.2) is 0 Å². The smallest absolute Gasteiger partial charge is 0.124 e. The number of hydrogen-bond donors (Lipinski definition) is 1. The average Bonchev–Trinajstić information content (AvgIpc) is 2.39. The minimum atomic E-state index is 0.158. The fraction of sp³-hybridized carbons (Fsp3) is 0.571. The highest BCUT2D eigenvalue weighted by molar-refractivity contribution is 5.47. The zero-order valence-corrected chi connectivity index (χ0v) is 11.4. The van der Waals surface area contributed by atoms with Crippen molar-refractivity contribution in [3.8, 4) is 11.5 Å². The summed E-state index contributed by atoms with van der Waals surface area (Å²) in [6.45, 7) is 5.59. The molecule has 0 bridgehead atoms. The summed E-state index contributed by atoms with van der Waals surface area (Å²) in [5.74, 6) is 1.76. The number of rotatable bonds is 3. The van der Waals surface area contributed by atoms with E-state index in [9.17, 15) is 0 Å². The van der Waals surface area contributed by atoms with E-state index in [1.165, 1.54) is 0 Å². The Morgan fingerprint density at radius 1 is 1.22 bits per heavy atom. The van der Waals surface area contributed by atoms with Crippen molar-refractivity contribution in [3.63, 3.8) is 0 Å². The standard InChI is InChI=1S/C14H21NO3/c1-9-5-14(17-4)11(6-13(9)16-3)12-8-18-10(2)7-15-12/h5-6,10,12,15H,7-8H2,1-4H3. The second-order valence-electron chi connectivity index (χ2n) is 4.67. The quantitative estimate of drug-likeness (QED) is 0.892. The van der Waals surface area contributed by atoms with Crippen LogP contribution in [0.25, 0.3) is 0 Å². The molecular formula is C14H21NO3. The Kier molecular flexibility index (Phi) is 4.09. The minimum absolute atomic E-state index is 0.158. The zero-order chi connectivity index (χ0) is 13.1. The van der Waals surface area contributed by atoms with Crippen LogP contribution >= 0.6 is 0 Å². The lowest BCUT2D eigenvalue weighted by molar-refractivity contribution is 0.0144. The van der Waals surface area contributed by atoms with E-state index >= 15 is 0 Å². The van der Waals surface area contributed by atoms with Gasteiger partial charge in [0.05, 0.1) is 33.0 Å². The van der Waals surface area contributed by atoms with Crippen LogP contribution in [0.4, 0.5) is 0 Å². The van der Waals surface area contributed by atoms with Gasteiger partial charge in [0, 0.05) is 12.1 Å². The van der Waals surface area contributed by atoms with Crippen molar-refractivity contribution >= 4 is 0 Å². The Morgan fingerprint density at radius 3 is 2.50 bits per heavy atom. The molecule has 2 rings (SSSR count). The van der Waals surface area contributed by atoms with E-state index < -0.39 is 0 Å². The van der Waals surface area contributed by atoms with Crippen LogP contribution in [0.15, 0.2) is 12.1 Å². The maximum Gasteiger partial charge on any atom is 0.124 e. The van der Waals surface area contributed by atoms with Crippen molar-refractivity contribution < 1.29 is 14.2 Å². The molecule has 1 N–H and O–H groups in total. The van der Waals surface area contributed by atoms with Crippen LogP contribution in [-0.2, 0) is 4.74 Å². The molecule has 1 aliphatic heterocycles. The number of benzene rings is 1. The molecule has 0 radical (unpaired) electrons. The molecule has 100 valence electrons. The van der Waals surface area contributed by atoms with Crippen LogP contribution in [0.3, 0.4) is 0 Å². The summed E-state index contributed by atoms with van der Waals surface area (Å²) < 4.78 is 16.5. The van der Waals surface area contributed by atoms with Gasteiger partial charge in [0.25, 0.3) is 0 Å². The second-order valence-corrected chi connectivity index (χ2v) is 4.67. The number of hydrogen-bond acceptors (Lipinski definition) is 4. The normalized spacial score (nSPS) is 23.8. The summed E-state index contributed by atoms with van der Waals surface area (Å²) in [7, 11) is 3.38. The number of nitrogens with one attached hydrogen (secondary N) is 1. The summed E-state index contributed by atoms with van der Waals surface area (Å²) in [6, 6.07) is 4.20. The Labute approximate surface area is 108 Å². The fourth-order valence-corrected chi connectivity index (χ4v) is 2.23. The third kappa shape index (κ3) is 2.60. The Bertz CT molecular complexity index is 412. The van der Waals surface area contributed by atoms with Gasteiger partial charge in [0.15, 0.2) is 0 Å². The van der Waals surface area contributed by atoms with Gasteiger partial charge in [0.1, 0.15) is 11.5 Å². The van der Waals surface area contributed by atoms with Crippen LogP contribution in [-0.4, -0.2) is 33.5 Å². The third-order valence-electron chi connectivity index (χ3n) is 3.32. The number of ether oxygens (including phenoxy) is 3. The van der Waals surface area contributed by atoms with E-state index in [2.05, 4.69) is 12.2 Å². The molecule has 1 aromatic rings. The highest BCUT2D eigenvalue weighted by atomic mass is 16.5. The van der Waals surface area contributed by atoms with Crippen LogP contribution in [0.1, 0.15) is 24.1 Å². The molecule has 4 nitrogen and oxygen atoms in total. The molecule has 4 heteroatoms. The first-order valence-corrected chi connectivity index (χ1v) is 6.23. The van der Waals surface area contributed by atoms with E-state index in [0.717, 1.165) is 29.2 Å². The summed E-state index contributed by atoms with van der Waals surface area (Å²) in [6.07, 6.45) is 0.264. The van der Waals surface area contributed by atoms with Gasteiger partial charge in [-0.3, -0.25) is 0 Å². The van der Waals surface area contributed by atoms with E-state index in [1.807, 2.05) is 19.1 Å². The number of methoxy groups -OCH3 is 2. The first-order chi connectivity index (χ1) is 8.65. The Morgan fingerprint density at radius 2 is 1.94 bits per heavy atom. The molecule has 0 saturated carbocycles. The highest BCUT2D eigenvalue weighted by Crippen LogP contribution is 2.33. The summed E-state index contributed by atoms with van der Waals surface area (Å²) >= 11 is 0. The van der Waals surface area contributed by atoms with Gasteiger partial charge in [-0.1, -0.05) is 0 Å². The van der Waals surface area contributed by atoms with Crippen molar-refractivity contribution in [2.45, 2.75) is 26.0 Å². The topological polar surface area (TPSA) is 39.7 Å². The summed E-state index contributed by atoms with van der Waals surface area (Å²) in [5.41, 5.74) is 2.16. The molecule has 18 heavy (non-hydrogen) atoms. The van der Waals surface area contributed by atoms with E-state index in [4.69, 9.17) is 14.2 Å². The molecule has 0 aromatic heterocycles. The molecule has 1 fully saturated rings. The highest BCUT2D eigenvalue weighted by Gasteiger charge is 2.23. The number of aryl methyl sites for hydroxylation is 1. The molecule has 2 unspecified atom stereocenters. The van der Waals surface area contributed by atoms with Crippen molar-refractivity contribution in [2.75, 3.05) is 27.4 Å². The molecule has 1 aromatic carbocycles. The molecule has 1 aliphatic rings. The van der Waals surface area contributed by atoms with Crippen molar-refractivity contribution in [1.29, 1.82) is 0 Å². The minimum Gasteiger partial charge on any atom is -0.496 e. The van der Waals surface area contributed by atoms with Crippen LogP contribution in [0.5, 0.6) is 11.5 Å². The van der Waals surface area contributed by atoms with Gasteiger partial charge in [0.2, 0.25) is 0 Å². The van der Waals surface area contributed by atoms with E-state index in [0.29, 0.717) is 6.61 Å². The monoisotopic (exact) mass is 251 g/mol. The van der Waals surface area contributed by atoms with Crippen LogP contribution in [0, 0.1) is 6.92 Å². The Hall–Kier alpha value is -1.26. The van der Waals surface area contributed by atoms with Gasteiger partial charge >= 0.3 is 0 Å². The predicted octanol–water partition coefficient (Wildman–Crippen LogP) is 2.06. The molecule has 2 atom stereocenters. The van der Waals surface area contributed by atoms with E-state index in [1.54, 1.807) is 14.2 Å². The Balaban J connectivity index is 2.30. The summed E-state index contributed by atoms with van der Waals surface area (Å²) in [4.78, 5) is 0. The number of morpholine rings is 1. The molecule has 1 heterocycles. The molecular weight excluding hydrogens is 230 g/mol. The zero-order valence-electron chi connectivity index (χ0n) is 11.4. The van der Waals surface area contributed by atoms with Crippen molar-refractivity contribution in [1.82, 2.24) is 5.32 Å². The van der Waals surface area contributed by atoms with Gasteiger partial charge < -0.3 is 19.5 Å². The summed E-state index contributed by atoms with van der Waals surface area (Å²) in [5, 5.41) is 3.47. The first-order valence-electron chi connectivity index (χ1n) is 6.23. The molecule has 0 spiro atoms. The van der Waals surface area contributed by atoms with Crippen LogP contribution in [0.2, 0.25) is 0 Å². The maximum atomic E-state index is 5.69. The van der Waals surface area contributed by atoms with Crippen LogP contribution < -0.4 is 14.8 Å². The molecule has 1 saturated heterocycles. The molecule has 0 amide bonds. The first kappa shape index (κ1) is 13.2. The maximum absolute atomic E-state index is 5.69. The van der Waals surface area contributed by atoms with Crippen molar-refractivity contribution in [3.05, 3.63) is 23.3 Å². The van der Waals surface area contributed by atoms with Gasteiger partial charge in [-0.2, -0.15) is 0 Å². The lowest BCUT2D eigenvalue weighted by Crippen LogP contribution is -2.39. The third-order valence-corrected chi connectivity index (χ3v) is 3.32. The SMILES string of the molecule is COc1cc(C2COC(C)CN2)c(OC)cc1C. The van der Waals surface area contributed by atoms with Gasteiger partial charge in [-0.15, -0.1) is 0 Å². The second kappa shape index (κ2) is 5.59. The van der Waals surface area contributed by atoms with E-state index in [-0.39, 0.29) is 12.1 Å². The predicted molar refractivity (Wildman–Crippen MR) is 70.4 cm³/mol. The molecule has 0 aliphatic carbocycles. The lowest BCUT2D eigenvalue weighted by Gasteiger charge is -2.30. The fourth-order valence-electron chi connectivity index (χ4n) is 2.23.